The minimum absolute atomic E-state index is 0.122. The first-order valence-electron chi connectivity index (χ1n) is 6.59. The number of anilines is 1. The fourth-order valence-electron chi connectivity index (χ4n) is 2.65. The van der Waals surface area contributed by atoms with Crippen molar-refractivity contribution in [2.45, 2.75) is 51.5 Å². The van der Waals surface area contributed by atoms with Crippen LogP contribution in [0.15, 0.2) is 17.2 Å². The Morgan fingerprint density at radius 1 is 1.41 bits per heavy atom. The normalized spacial score (nSPS) is 24.5. The lowest BCUT2D eigenvalue weighted by molar-refractivity contribution is 0.318. The summed E-state index contributed by atoms with van der Waals surface area (Å²) in [6.45, 7) is 2.25. The van der Waals surface area contributed by atoms with E-state index in [2.05, 4.69) is 22.2 Å². The highest BCUT2D eigenvalue weighted by Gasteiger charge is 2.21. The van der Waals surface area contributed by atoms with Crippen molar-refractivity contribution in [3.8, 4) is 0 Å². The summed E-state index contributed by atoms with van der Waals surface area (Å²) in [5, 5.41) is 3.26. The number of nitrogens with zero attached hydrogens (tertiary/aromatic N) is 1. The average Bonchev–Trinajstić information content (AvgIpc) is 2.35. The van der Waals surface area contributed by atoms with Crippen LogP contribution < -0.4 is 10.9 Å². The fourth-order valence-corrected chi connectivity index (χ4v) is 2.65. The summed E-state index contributed by atoms with van der Waals surface area (Å²) in [4.78, 5) is 18.2. The van der Waals surface area contributed by atoms with E-state index in [1.165, 1.54) is 25.7 Å². The van der Waals surface area contributed by atoms with E-state index in [0.29, 0.717) is 11.9 Å². The Balaban J connectivity index is 1.86. The first-order chi connectivity index (χ1) is 8.29. The third kappa shape index (κ3) is 3.32. The summed E-state index contributed by atoms with van der Waals surface area (Å²) in [5.41, 5.74) is -0.122. The van der Waals surface area contributed by atoms with Gasteiger partial charge in [-0.1, -0.05) is 19.8 Å². The van der Waals surface area contributed by atoms with Gasteiger partial charge in [0.15, 0.2) is 5.82 Å². The Bertz CT molecular complexity index is 394. The molecular weight excluding hydrogens is 214 g/mol. The molecule has 0 radical (unpaired) electrons. The highest BCUT2D eigenvalue weighted by molar-refractivity contribution is 5.31. The Morgan fingerprint density at radius 2 is 2.18 bits per heavy atom. The molecule has 2 rings (SSSR count). The zero-order valence-corrected chi connectivity index (χ0v) is 10.4. The summed E-state index contributed by atoms with van der Waals surface area (Å²) < 4.78 is 0. The van der Waals surface area contributed by atoms with Gasteiger partial charge in [0, 0.05) is 18.4 Å². The molecule has 2 N–H and O–H groups in total. The van der Waals surface area contributed by atoms with E-state index in [1.54, 1.807) is 12.4 Å². The van der Waals surface area contributed by atoms with Gasteiger partial charge in [0.1, 0.15) is 0 Å². The maximum Gasteiger partial charge on any atom is 0.290 e. The molecule has 94 valence electrons. The number of H-pyrrole nitrogens is 1. The van der Waals surface area contributed by atoms with Crippen LogP contribution in [0.1, 0.15) is 45.4 Å². The van der Waals surface area contributed by atoms with E-state index in [4.69, 9.17) is 0 Å². The minimum atomic E-state index is -0.122. The van der Waals surface area contributed by atoms with Crippen LogP contribution in [0.4, 0.5) is 5.82 Å². The lowest BCUT2D eigenvalue weighted by atomic mass is 9.83. The topological polar surface area (TPSA) is 57.8 Å². The van der Waals surface area contributed by atoms with E-state index in [0.717, 1.165) is 18.8 Å². The molecule has 4 heteroatoms. The van der Waals surface area contributed by atoms with E-state index < -0.39 is 0 Å². The Labute approximate surface area is 102 Å². The van der Waals surface area contributed by atoms with Crippen LogP contribution >= 0.6 is 0 Å². The van der Waals surface area contributed by atoms with Crippen molar-refractivity contribution in [3.05, 3.63) is 22.7 Å². The van der Waals surface area contributed by atoms with Gasteiger partial charge in [0.05, 0.1) is 0 Å². The van der Waals surface area contributed by atoms with E-state index in [-0.39, 0.29) is 5.56 Å². The number of aromatic nitrogens is 2. The monoisotopic (exact) mass is 235 g/mol. The van der Waals surface area contributed by atoms with Crippen LogP contribution in [-0.2, 0) is 0 Å². The van der Waals surface area contributed by atoms with Crippen LogP contribution in [0, 0.1) is 5.92 Å². The SMILES string of the molecule is CCCC1CCC(Nc2ncc[nH]c2=O)CC1. The molecule has 0 atom stereocenters. The van der Waals surface area contributed by atoms with E-state index in [1.807, 2.05) is 0 Å². The van der Waals surface area contributed by atoms with E-state index >= 15 is 0 Å². The van der Waals surface area contributed by atoms with Gasteiger partial charge >= 0.3 is 0 Å². The molecule has 0 saturated heterocycles. The lowest BCUT2D eigenvalue weighted by Gasteiger charge is -2.28. The molecule has 1 aliphatic rings. The number of rotatable bonds is 4. The van der Waals surface area contributed by atoms with Gasteiger partial charge in [0.25, 0.3) is 5.56 Å². The van der Waals surface area contributed by atoms with Crippen molar-refractivity contribution < 1.29 is 0 Å². The third-order valence-corrected chi connectivity index (χ3v) is 3.59. The van der Waals surface area contributed by atoms with Gasteiger partial charge in [-0.25, -0.2) is 4.98 Å². The van der Waals surface area contributed by atoms with Crippen LogP contribution in [0.25, 0.3) is 0 Å². The van der Waals surface area contributed by atoms with Gasteiger partial charge in [-0.2, -0.15) is 0 Å². The minimum Gasteiger partial charge on any atom is -0.363 e. The molecule has 0 spiro atoms. The second-order valence-corrected chi connectivity index (χ2v) is 4.92. The van der Waals surface area contributed by atoms with Crippen molar-refractivity contribution in [3.63, 3.8) is 0 Å². The quantitative estimate of drug-likeness (QED) is 0.843. The molecule has 1 heterocycles. The smallest absolute Gasteiger partial charge is 0.290 e. The van der Waals surface area contributed by atoms with Crippen molar-refractivity contribution in [2.75, 3.05) is 5.32 Å². The lowest BCUT2D eigenvalue weighted by Crippen LogP contribution is -2.29. The fraction of sp³-hybridized carbons (Fsp3) is 0.692. The maximum atomic E-state index is 11.5. The molecule has 1 fully saturated rings. The third-order valence-electron chi connectivity index (χ3n) is 3.59. The van der Waals surface area contributed by atoms with Gasteiger partial charge in [-0.15, -0.1) is 0 Å². The van der Waals surface area contributed by atoms with Crippen molar-refractivity contribution >= 4 is 5.82 Å². The highest BCUT2D eigenvalue weighted by atomic mass is 16.1. The predicted molar refractivity (Wildman–Crippen MR) is 69.1 cm³/mol. The standard InChI is InChI=1S/C13H21N3O/c1-2-3-10-4-6-11(7-5-10)16-12-13(17)15-9-8-14-12/h8-11H,2-7H2,1H3,(H,14,16)(H,15,17). The first-order valence-corrected chi connectivity index (χ1v) is 6.59. The molecule has 0 amide bonds. The van der Waals surface area contributed by atoms with Crippen molar-refractivity contribution in [1.29, 1.82) is 0 Å². The van der Waals surface area contributed by atoms with Gasteiger partial charge < -0.3 is 10.3 Å². The van der Waals surface area contributed by atoms with E-state index in [9.17, 15) is 4.79 Å². The molecule has 0 aliphatic heterocycles. The maximum absolute atomic E-state index is 11.5. The molecule has 0 aromatic carbocycles. The summed E-state index contributed by atoms with van der Waals surface area (Å²) in [5.74, 6) is 1.35. The molecule has 1 aromatic heterocycles. The molecule has 0 unspecified atom stereocenters. The molecule has 4 nitrogen and oxygen atoms in total. The molecule has 1 aromatic rings. The zero-order chi connectivity index (χ0) is 12.1. The number of hydrogen-bond acceptors (Lipinski definition) is 3. The van der Waals surface area contributed by atoms with Crippen molar-refractivity contribution in [2.24, 2.45) is 5.92 Å². The van der Waals surface area contributed by atoms with Gasteiger partial charge in [-0.3, -0.25) is 4.79 Å². The Morgan fingerprint density at radius 3 is 2.82 bits per heavy atom. The van der Waals surface area contributed by atoms with Crippen LogP contribution in [0.3, 0.4) is 0 Å². The average molecular weight is 235 g/mol. The summed E-state index contributed by atoms with van der Waals surface area (Å²) in [6.07, 6.45) is 10.7. The summed E-state index contributed by atoms with van der Waals surface area (Å²) >= 11 is 0. The molecule has 1 aliphatic carbocycles. The van der Waals surface area contributed by atoms with Crippen molar-refractivity contribution in [1.82, 2.24) is 9.97 Å². The highest BCUT2D eigenvalue weighted by Crippen LogP contribution is 2.28. The predicted octanol–water partition coefficient (Wildman–Crippen LogP) is 2.54. The largest absolute Gasteiger partial charge is 0.363 e. The molecule has 0 bridgehead atoms. The molecule has 17 heavy (non-hydrogen) atoms. The molecular formula is C13H21N3O. The summed E-state index contributed by atoms with van der Waals surface area (Å²) in [7, 11) is 0. The number of nitrogens with one attached hydrogen (secondary N) is 2. The Hall–Kier alpha value is -1.32. The first kappa shape index (κ1) is 12.1. The van der Waals surface area contributed by atoms with Gasteiger partial charge in [0.2, 0.25) is 0 Å². The Kier molecular flexibility index (Phi) is 4.18. The number of aromatic amines is 1. The van der Waals surface area contributed by atoms with Crippen LogP contribution in [0.2, 0.25) is 0 Å². The summed E-state index contributed by atoms with van der Waals surface area (Å²) in [6, 6.07) is 0.416. The van der Waals surface area contributed by atoms with Gasteiger partial charge in [-0.05, 0) is 31.6 Å². The second-order valence-electron chi connectivity index (χ2n) is 4.92. The zero-order valence-electron chi connectivity index (χ0n) is 10.4. The second kappa shape index (κ2) is 5.84. The van der Waals surface area contributed by atoms with Crippen LogP contribution in [0.5, 0.6) is 0 Å². The number of hydrogen-bond donors (Lipinski definition) is 2. The van der Waals surface area contributed by atoms with Crippen LogP contribution in [-0.4, -0.2) is 16.0 Å². The molecule has 1 saturated carbocycles.